The Morgan fingerprint density at radius 1 is 0.920 bits per heavy atom. The van der Waals surface area contributed by atoms with Crippen LogP contribution in [0.3, 0.4) is 0 Å². The Morgan fingerprint density at radius 2 is 1.48 bits per heavy atom. The van der Waals surface area contributed by atoms with Crippen molar-refractivity contribution in [3.05, 3.63) is 59.7 Å². The predicted molar refractivity (Wildman–Crippen MR) is 90.6 cm³/mol. The lowest BCUT2D eigenvalue weighted by Gasteiger charge is -2.19. The highest BCUT2D eigenvalue weighted by atomic mass is 19.1. The summed E-state index contributed by atoms with van der Waals surface area (Å²) in [6.45, 7) is 5.25. The normalized spacial score (nSPS) is 10.9. The van der Waals surface area contributed by atoms with Crippen molar-refractivity contribution < 1.29 is 23.1 Å². The highest BCUT2D eigenvalue weighted by Gasteiger charge is 2.16. The maximum atomic E-state index is 13.6. The van der Waals surface area contributed by atoms with Crippen LogP contribution in [0.4, 0.5) is 25.0 Å². The molecule has 0 saturated heterocycles. The van der Waals surface area contributed by atoms with Crippen molar-refractivity contribution in [1.29, 1.82) is 0 Å². The van der Waals surface area contributed by atoms with E-state index in [0.717, 1.165) is 12.1 Å². The summed E-state index contributed by atoms with van der Waals surface area (Å²) in [5.74, 6) is -2.40. The Bertz CT molecular complexity index is 784. The van der Waals surface area contributed by atoms with Gasteiger partial charge >= 0.3 is 6.09 Å². The summed E-state index contributed by atoms with van der Waals surface area (Å²) >= 11 is 0. The molecule has 25 heavy (non-hydrogen) atoms. The molecule has 0 radical (unpaired) electrons. The minimum absolute atomic E-state index is 0.266. The first-order chi connectivity index (χ1) is 11.6. The van der Waals surface area contributed by atoms with Gasteiger partial charge in [-0.2, -0.15) is 0 Å². The number of carbonyl (C=O) groups excluding carboxylic acids is 2. The van der Waals surface area contributed by atoms with E-state index in [1.165, 1.54) is 12.1 Å². The maximum Gasteiger partial charge on any atom is 0.412 e. The zero-order chi connectivity index (χ0) is 18.6. The Kier molecular flexibility index (Phi) is 5.36. The fourth-order valence-electron chi connectivity index (χ4n) is 1.93. The second-order valence-electron chi connectivity index (χ2n) is 6.28. The molecular weight excluding hydrogens is 330 g/mol. The van der Waals surface area contributed by atoms with E-state index in [1.807, 2.05) is 0 Å². The first-order valence-electron chi connectivity index (χ1n) is 7.50. The molecule has 2 aromatic rings. The summed E-state index contributed by atoms with van der Waals surface area (Å²) in [7, 11) is 0. The Morgan fingerprint density at radius 3 is 2.00 bits per heavy atom. The highest BCUT2D eigenvalue weighted by Crippen LogP contribution is 2.17. The molecule has 0 fully saturated rings. The van der Waals surface area contributed by atoms with E-state index in [0.29, 0.717) is 17.4 Å². The van der Waals surface area contributed by atoms with Crippen molar-refractivity contribution in [2.24, 2.45) is 0 Å². The molecule has 0 atom stereocenters. The lowest BCUT2D eigenvalue weighted by molar-refractivity contribution is 0.0635. The lowest BCUT2D eigenvalue weighted by atomic mass is 10.2. The van der Waals surface area contributed by atoms with E-state index < -0.39 is 29.2 Å². The molecule has 0 saturated carbocycles. The van der Waals surface area contributed by atoms with E-state index in [-0.39, 0.29) is 5.56 Å². The number of hydrogen-bond acceptors (Lipinski definition) is 3. The summed E-state index contributed by atoms with van der Waals surface area (Å²) in [6, 6.07) is 8.90. The van der Waals surface area contributed by atoms with Gasteiger partial charge < -0.3 is 10.1 Å². The number of hydrogen-bond donors (Lipinski definition) is 2. The van der Waals surface area contributed by atoms with Crippen LogP contribution in [0.5, 0.6) is 0 Å². The summed E-state index contributed by atoms with van der Waals surface area (Å²) in [4.78, 5) is 23.7. The maximum absolute atomic E-state index is 13.6. The zero-order valence-corrected chi connectivity index (χ0v) is 14.0. The molecule has 5 nitrogen and oxygen atoms in total. The molecule has 0 aromatic heterocycles. The van der Waals surface area contributed by atoms with Crippen LogP contribution in [0, 0.1) is 11.6 Å². The number of halogens is 2. The number of ether oxygens (including phenoxy) is 1. The molecule has 0 heterocycles. The molecule has 2 amide bonds. The lowest BCUT2D eigenvalue weighted by Crippen LogP contribution is -2.27. The molecular formula is C18H18F2N2O3. The van der Waals surface area contributed by atoms with Gasteiger partial charge in [-0.3, -0.25) is 10.1 Å². The van der Waals surface area contributed by atoms with Gasteiger partial charge in [0.1, 0.15) is 17.2 Å². The van der Waals surface area contributed by atoms with Gasteiger partial charge in [-0.05, 0) is 57.2 Å². The SMILES string of the molecule is CC(C)(C)OC(=O)Nc1ccc(NC(=O)c2ccc(F)cc2F)cc1. The van der Waals surface area contributed by atoms with Crippen molar-refractivity contribution in [2.75, 3.05) is 10.6 Å². The number of anilines is 2. The van der Waals surface area contributed by atoms with Crippen LogP contribution in [-0.4, -0.2) is 17.6 Å². The molecule has 0 spiro atoms. The summed E-state index contributed by atoms with van der Waals surface area (Å²) in [5, 5.41) is 5.04. The fourth-order valence-corrected chi connectivity index (χ4v) is 1.93. The van der Waals surface area contributed by atoms with Gasteiger partial charge in [0, 0.05) is 17.4 Å². The zero-order valence-electron chi connectivity index (χ0n) is 14.0. The molecule has 0 aliphatic rings. The standard InChI is InChI=1S/C18H18F2N2O3/c1-18(2,3)25-17(24)22-13-7-5-12(6-8-13)21-16(23)14-9-4-11(19)10-15(14)20/h4-10H,1-3H3,(H,21,23)(H,22,24). The summed E-state index contributed by atoms with van der Waals surface area (Å²) < 4.78 is 31.6. The monoisotopic (exact) mass is 348 g/mol. The van der Waals surface area contributed by atoms with Crippen LogP contribution in [0.2, 0.25) is 0 Å². The van der Waals surface area contributed by atoms with Gasteiger partial charge in [0.25, 0.3) is 5.91 Å². The van der Waals surface area contributed by atoms with Crippen LogP contribution in [0.25, 0.3) is 0 Å². The number of nitrogens with one attached hydrogen (secondary N) is 2. The van der Waals surface area contributed by atoms with Crippen molar-refractivity contribution in [3.63, 3.8) is 0 Å². The van der Waals surface area contributed by atoms with Crippen LogP contribution in [-0.2, 0) is 4.74 Å². The number of amides is 2. The number of benzene rings is 2. The smallest absolute Gasteiger partial charge is 0.412 e. The summed E-state index contributed by atoms with van der Waals surface area (Å²) in [5.41, 5.74) is -0.0157. The van der Waals surface area contributed by atoms with Crippen molar-refractivity contribution in [1.82, 2.24) is 0 Å². The van der Waals surface area contributed by atoms with E-state index in [4.69, 9.17) is 4.74 Å². The van der Waals surface area contributed by atoms with Crippen LogP contribution in [0.1, 0.15) is 31.1 Å². The van der Waals surface area contributed by atoms with E-state index in [2.05, 4.69) is 10.6 Å². The highest BCUT2D eigenvalue weighted by molar-refractivity contribution is 6.04. The Balaban J connectivity index is 2.00. The molecule has 0 aliphatic heterocycles. The third-order valence-electron chi connectivity index (χ3n) is 2.96. The van der Waals surface area contributed by atoms with Crippen LogP contribution in [0.15, 0.2) is 42.5 Å². The predicted octanol–water partition coefficient (Wildman–Crippen LogP) is 4.56. The number of rotatable bonds is 3. The second kappa shape index (κ2) is 7.29. The van der Waals surface area contributed by atoms with Gasteiger partial charge in [0.15, 0.2) is 0 Å². The molecule has 132 valence electrons. The molecule has 2 aromatic carbocycles. The van der Waals surface area contributed by atoms with Crippen molar-refractivity contribution in [2.45, 2.75) is 26.4 Å². The van der Waals surface area contributed by atoms with Gasteiger partial charge in [0.2, 0.25) is 0 Å². The van der Waals surface area contributed by atoms with Gasteiger partial charge in [-0.1, -0.05) is 0 Å². The molecule has 0 aliphatic carbocycles. The largest absolute Gasteiger partial charge is 0.444 e. The molecule has 2 N–H and O–H groups in total. The summed E-state index contributed by atoms with van der Waals surface area (Å²) in [6.07, 6.45) is -0.599. The van der Waals surface area contributed by atoms with E-state index >= 15 is 0 Å². The first-order valence-corrected chi connectivity index (χ1v) is 7.50. The first kappa shape index (κ1) is 18.4. The van der Waals surface area contributed by atoms with E-state index in [1.54, 1.807) is 32.9 Å². The van der Waals surface area contributed by atoms with E-state index in [9.17, 15) is 18.4 Å². The van der Waals surface area contributed by atoms with Gasteiger partial charge in [0.05, 0.1) is 5.56 Å². The average Bonchev–Trinajstić information content (AvgIpc) is 2.47. The molecule has 0 bridgehead atoms. The Labute approximate surface area is 144 Å². The van der Waals surface area contributed by atoms with Gasteiger partial charge in [-0.25, -0.2) is 13.6 Å². The van der Waals surface area contributed by atoms with Crippen molar-refractivity contribution in [3.8, 4) is 0 Å². The van der Waals surface area contributed by atoms with Gasteiger partial charge in [-0.15, -0.1) is 0 Å². The topological polar surface area (TPSA) is 67.4 Å². The minimum atomic E-state index is -0.944. The third-order valence-corrected chi connectivity index (χ3v) is 2.96. The van der Waals surface area contributed by atoms with Crippen LogP contribution >= 0.6 is 0 Å². The second-order valence-corrected chi connectivity index (χ2v) is 6.28. The molecule has 0 unspecified atom stereocenters. The van der Waals surface area contributed by atoms with Crippen LogP contribution < -0.4 is 10.6 Å². The fraction of sp³-hybridized carbons (Fsp3) is 0.222. The Hall–Kier alpha value is -2.96. The number of carbonyl (C=O) groups is 2. The van der Waals surface area contributed by atoms with Crippen molar-refractivity contribution >= 4 is 23.4 Å². The average molecular weight is 348 g/mol. The molecule has 2 rings (SSSR count). The quantitative estimate of drug-likeness (QED) is 0.854. The minimum Gasteiger partial charge on any atom is -0.444 e. The molecule has 7 heteroatoms. The third kappa shape index (κ3) is 5.56.